The predicted molar refractivity (Wildman–Crippen MR) is 119 cm³/mol. The summed E-state index contributed by atoms with van der Waals surface area (Å²) in [5, 5.41) is 3.61. The predicted octanol–water partition coefficient (Wildman–Crippen LogP) is 4.97. The van der Waals surface area contributed by atoms with E-state index < -0.39 is 0 Å². The van der Waals surface area contributed by atoms with Crippen LogP contribution in [0.1, 0.15) is 68.1 Å². The molecule has 3 rings (SSSR count). The Balaban J connectivity index is 0.00000196. The smallest absolute Gasteiger partial charge is 0.252 e. The quantitative estimate of drug-likeness (QED) is 0.744. The van der Waals surface area contributed by atoms with Gasteiger partial charge in [-0.2, -0.15) is 0 Å². The van der Waals surface area contributed by atoms with E-state index in [1.165, 1.54) is 38.0 Å². The number of rotatable bonds is 4. The Morgan fingerprint density at radius 3 is 2.32 bits per heavy atom. The number of piperidine rings is 1. The van der Waals surface area contributed by atoms with Crippen molar-refractivity contribution in [3.8, 4) is 0 Å². The zero-order chi connectivity index (χ0) is 18.4. The van der Waals surface area contributed by atoms with Crippen molar-refractivity contribution in [3.05, 3.63) is 49.6 Å². The molecule has 5 radical (unpaired) electrons. The second kappa shape index (κ2) is 12.3. The number of amides is 1. The fourth-order valence-corrected chi connectivity index (χ4v) is 4.13. The monoisotopic (exact) mass is 404 g/mol. The highest BCUT2D eigenvalue weighted by Crippen LogP contribution is 2.26. The van der Waals surface area contributed by atoms with Gasteiger partial charge in [-0.15, -0.1) is 0 Å². The average molecular weight is 405 g/mol. The molecule has 1 aromatic carbocycles. The van der Waals surface area contributed by atoms with E-state index in [9.17, 15) is 4.79 Å². The summed E-state index contributed by atoms with van der Waals surface area (Å²) in [5.74, 6) is 1.40. The molecule has 0 bridgehead atoms. The zero-order valence-electron chi connectivity index (χ0n) is 17.0. The molecule has 0 aromatic heterocycles. The van der Waals surface area contributed by atoms with Crippen LogP contribution in [0, 0.1) is 20.8 Å². The van der Waals surface area contributed by atoms with Gasteiger partial charge >= 0.3 is 0 Å². The summed E-state index contributed by atoms with van der Waals surface area (Å²) in [7, 11) is 0. The fourth-order valence-electron chi connectivity index (χ4n) is 3.92. The molecule has 0 unspecified atom stereocenters. The molecule has 28 heavy (non-hydrogen) atoms. The lowest BCUT2D eigenvalue weighted by Crippen LogP contribution is -2.39. The summed E-state index contributed by atoms with van der Waals surface area (Å²) < 4.78 is 0. The summed E-state index contributed by atoms with van der Waals surface area (Å²) in [4.78, 5) is 15.0. The number of nitrogens with one attached hydrogen (secondary N) is 1. The van der Waals surface area contributed by atoms with Crippen molar-refractivity contribution < 1.29 is 4.79 Å². The minimum absolute atomic E-state index is 0. The lowest BCUT2D eigenvalue weighted by molar-refractivity contribution is 0.0954. The number of nitrogens with two attached hydrogens (primary N) is 1. The van der Waals surface area contributed by atoms with Gasteiger partial charge in [0, 0.05) is 31.4 Å². The standard InChI is InChI=1S/C21H31ClN3O.2CH2/c22-20-9-8-18(25-12-10-17(23)11-13-25)14-19(20)21(26)24-15-16-6-4-2-1-3-5-7-16;;/h8-9,14,17H,1-7,10-13,15,23H2,(H,24,26);2*1H2. The number of carbonyl (C=O) groups excluding carboxylic acids is 1. The summed E-state index contributed by atoms with van der Waals surface area (Å²) in [6.07, 6.45) is 10.7. The SMILES string of the molecule is NC1CCN(c2ccc(Cl)c(C(=O)NC[C]3CCCCCCC3)c2)CC1.[CH2].[CH2]. The van der Waals surface area contributed by atoms with E-state index in [1.807, 2.05) is 18.2 Å². The molecule has 0 spiro atoms. The van der Waals surface area contributed by atoms with E-state index in [1.54, 1.807) is 0 Å². The van der Waals surface area contributed by atoms with Crippen LogP contribution in [0.5, 0.6) is 0 Å². The number of anilines is 1. The van der Waals surface area contributed by atoms with Crippen LogP contribution in [0.3, 0.4) is 0 Å². The Hall–Kier alpha value is -1.26. The molecular weight excluding hydrogens is 370 g/mol. The Kier molecular flexibility index (Phi) is 10.9. The highest BCUT2D eigenvalue weighted by atomic mass is 35.5. The second-order valence-electron chi connectivity index (χ2n) is 7.69. The van der Waals surface area contributed by atoms with Gasteiger partial charge in [0.15, 0.2) is 0 Å². The fraction of sp³-hybridized carbons (Fsp3) is 0.565. The number of nitrogens with zero attached hydrogens (tertiary/aromatic N) is 1. The van der Waals surface area contributed by atoms with Crippen LogP contribution < -0.4 is 16.0 Å². The van der Waals surface area contributed by atoms with Crippen LogP contribution in [0.25, 0.3) is 0 Å². The Morgan fingerprint density at radius 1 is 1.07 bits per heavy atom. The highest BCUT2D eigenvalue weighted by molar-refractivity contribution is 6.34. The first kappa shape index (κ1) is 24.8. The molecule has 1 saturated heterocycles. The van der Waals surface area contributed by atoms with Crippen molar-refractivity contribution in [1.29, 1.82) is 0 Å². The lowest BCUT2D eigenvalue weighted by Gasteiger charge is -2.32. The maximum atomic E-state index is 12.7. The van der Waals surface area contributed by atoms with Crippen LogP contribution in [-0.2, 0) is 0 Å². The molecule has 0 atom stereocenters. The molecule has 2 fully saturated rings. The van der Waals surface area contributed by atoms with E-state index >= 15 is 0 Å². The van der Waals surface area contributed by atoms with E-state index in [2.05, 4.69) is 10.2 Å². The minimum Gasteiger partial charge on any atom is -0.371 e. The van der Waals surface area contributed by atoms with Crippen LogP contribution in [0.2, 0.25) is 5.02 Å². The van der Waals surface area contributed by atoms with Crippen LogP contribution in [-0.4, -0.2) is 31.6 Å². The van der Waals surface area contributed by atoms with Crippen molar-refractivity contribution in [3.63, 3.8) is 0 Å². The molecule has 1 amide bonds. The number of hydrogen-bond donors (Lipinski definition) is 2. The number of halogens is 1. The topological polar surface area (TPSA) is 58.4 Å². The molecule has 4 nitrogen and oxygen atoms in total. The van der Waals surface area contributed by atoms with Gasteiger partial charge in [0.1, 0.15) is 0 Å². The van der Waals surface area contributed by atoms with Gasteiger partial charge in [-0.25, -0.2) is 0 Å². The zero-order valence-corrected chi connectivity index (χ0v) is 17.8. The van der Waals surface area contributed by atoms with E-state index in [0.717, 1.165) is 44.5 Å². The maximum absolute atomic E-state index is 12.7. The lowest BCUT2D eigenvalue weighted by atomic mass is 9.91. The number of hydrogen-bond acceptors (Lipinski definition) is 3. The average Bonchev–Trinajstić information content (AvgIpc) is 2.62. The van der Waals surface area contributed by atoms with Crippen LogP contribution >= 0.6 is 11.6 Å². The van der Waals surface area contributed by atoms with Crippen molar-refractivity contribution in [2.75, 3.05) is 24.5 Å². The summed E-state index contributed by atoms with van der Waals surface area (Å²) in [5.41, 5.74) is 7.63. The molecule has 3 N–H and O–H groups in total. The van der Waals surface area contributed by atoms with Crippen molar-refractivity contribution in [2.24, 2.45) is 5.73 Å². The third-order valence-electron chi connectivity index (χ3n) is 5.66. The normalized spacial score (nSPS) is 19.0. The molecule has 2 aliphatic rings. The van der Waals surface area contributed by atoms with Gasteiger partial charge in [-0.1, -0.05) is 58.6 Å². The second-order valence-corrected chi connectivity index (χ2v) is 8.10. The van der Waals surface area contributed by atoms with E-state index in [-0.39, 0.29) is 20.8 Å². The Morgan fingerprint density at radius 2 is 1.68 bits per heavy atom. The Bertz CT molecular complexity index is 592. The number of benzene rings is 1. The molecule has 1 aromatic rings. The molecule has 1 aliphatic carbocycles. The summed E-state index contributed by atoms with van der Waals surface area (Å²) in [6.45, 7) is 2.54. The third-order valence-corrected chi connectivity index (χ3v) is 5.99. The molecule has 1 aliphatic heterocycles. The van der Waals surface area contributed by atoms with Gasteiger partial charge in [-0.05, 0) is 49.8 Å². The summed E-state index contributed by atoms with van der Waals surface area (Å²) >= 11 is 6.32. The van der Waals surface area contributed by atoms with Gasteiger partial charge in [-0.3, -0.25) is 4.79 Å². The van der Waals surface area contributed by atoms with Gasteiger partial charge in [0.05, 0.1) is 10.6 Å². The van der Waals surface area contributed by atoms with Crippen molar-refractivity contribution >= 4 is 23.2 Å². The molecule has 155 valence electrons. The van der Waals surface area contributed by atoms with Crippen molar-refractivity contribution in [1.82, 2.24) is 5.32 Å². The van der Waals surface area contributed by atoms with Gasteiger partial charge in [0.25, 0.3) is 5.91 Å². The van der Waals surface area contributed by atoms with E-state index in [0.29, 0.717) is 23.2 Å². The molecule has 5 heteroatoms. The van der Waals surface area contributed by atoms with Gasteiger partial charge in [0.2, 0.25) is 0 Å². The Labute approximate surface area is 177 Å². The first-order valence-corrected chi connectivity index (χ1v) is 10.4. The summed E-state index contributed by atoms with van der Waals surface area (Å²) in [6, 6.07) is 6.06. The minimum atomic E-state index is -0.0693. The maximum Gasteiger partial charge on any atom is 0.252 e. The van der Waals surface area contributed by atoms with Crippen LogP contribution in [0.4, 0.5) is 5.69 Å². The third kappa shape index (κ3) is 6.97. The first-order chi connectivity index (χ1) is 12.6. The van der Waals surface area contributed by atoms with Gasteiger partial charge < -0.3 is 16.0 Å². The number of carbonyl (C=O) groups is 1. The van der Waals surface area contributed by atoms with Crippen LogP contribution in [0.15, 0.2) is 18.2 Å². The molecule has 1 saturated carbocycles. The van der Waals surface area contributed by atoms with Crippen molar-refractivity contribution in [2.45, 2.75) is 63.8 Å². The molecule has 1 heterocycles. The highest BCUT2D eigenvalue weighted by Gasteiger charge is 2.20. The first-order valence-electron chi connectivity index (χ1n) is 10.1. The largest absolute Gasteiger partial charge is 0.371 e. The molecular formula is C23H35ClN3O. The van der Waals surface area contributed by atoms with E-state index in [4.69, 9.17) is 17.3 Å².